The number of piperidine rings is 1. The quantitative estimate of drug-likeness (QED) is 0.613. The van der Waals surface area contributed by atoms with Crippen LogP contribution in [0.15, 0.2) is 59.7 Å². The van der Waals surface area contributed by atoms with Gasteiger partial charge in [-0.2, -0.15) is 5.10 Å². The van der Waals surface area contributed by atoms with E-state index in [1.54, 1.807) is 0 Å². The molecule has 1 amide bonds. The second-order valence-corrected chi connectivity index (χ2v) is 9.32. The van der Waals surface area contributed by atoms with E-state index in [-0.39, 0.29) is 11.3 Å². The van der Waals surface area contributed by atoms with Crippen molar-refractivity contribution in [1.29, 1.82) is 0 Å². The van der Waals surface area contributed by atoms with Gasteiger partial charge in [-0.25, -0.2) is 10.4 Å². The number of rotatable bonds is 3. The van der Waals surface area contributed by atoms with Gasteiger partial charge in [-0.3, -0.25) is 4.79 Å². The number of likely N-dealkylation sites (tertiary alicyclic amines) is 1. The Labute approximate surface area is 184 Å². The van der Waals surface area contributed by atoms with Crippen LogP contribution in [0.2, 0.25) is 0 Å². The van der Waals surface area contributed by atoms with E-state index in [9.17, 15) is 4.79 Å². The van der Waals surface area contributed by atoms with E-state index in [4.69, 9.17) is 4.98 Å². The number of fused-ring (bicyclic) bond motifs is 1. The predicted octanol–water partition coefficient (Wildman–Crippen LogP) is 5.01. The van der Waals surface area contributed by atoms with Crippen LogP contribution < -0.4 is 5.43 Å². The van der Waals surface area contributed by atoms with E-state index >= 15 is 0 Å². The van der Waals surface area contributed by atoms with Gasteiger partial charge in [0, 0.05) is 42.6 Å². The Morgan fingerprint density at radius 2 is 1.71 bits per heavy atom. The molecule has 3 aromatic rings. The van der Waals surface area contributed by atoms with Crippen LogP contribution >= 0.6 is 0 Å². The largest absolute Gasteiger partial charge is 0.306 e. The van der Waals surface area contributed by atoms with Gasteiger partial charge in [0.2, 0.25) is 0 Å². The maximum Gasteiger partial charge on any atom is 0.272 e. The standard InChI is InChI=1S/C26H30N4O/c1-26(2,3)19-11-9-18(10-12-19)24-17-22(21-7-5-6-8-23(21)27-24)25(31)29-28-20-13-15-30(4)16-14-20/h5-12,17H,13-16H2,1-4H3,(H,29,31). The zero-order valence-corrected chi connectivity index (χ0v) is 18.8. The Morgan fingerprint density at radius 1 is 1.03 bits per heavy atom. The Kier molecular flexibility index (Phi) is 5.88. The lowest BCUT2D eigenvalue weighted by atomic mass is 9.86. The first-order valence-electron chi connectivity index (χ1n) is 10.9. The normalized spacial score (nSPS) is 15.2. The minimum absolute atomic E-state index is 0.0908. The molecule has 1 aromatic heterocycles. The van der Waals surface area contributed by atoms with Gasteiger partial charge in [0.25, 0.3) is 5.91 Å². The zero-order valence-electron chi connectivity index (χ0n) is 18.8. The topological polar surface area (TPSA) is 57.6 Å². The Bertz CT molecular complexity index is 1120. The van der Waals surface area contributed by atoms with E-state index in [1.165, 1.54) is 5.56 Å². The van der Waals surface area contributed by atoms with Crippen LogP contribution in [-0.4, -0.2) is 41.6 Å². The average molecular weight is 415 g/mol. The minimum Gasteiger partial charge on any atom is -0.306 e. The molecular formula is C26H30N4O. The summed E-state index contributed by atoms with van der Waals surface area (Å²) in [5.41, 5.74) is 8.37. The first kappa shape index (κ1) is 21.2. The van der Waals surface area contributed by atoms with Gasteiger partial charge in [0.1, 0.15) is 0 Å². The molecule has 1 N–H and O–H groups in total. The molecule has 0 atom stereocenters. The van der Waals surface area contributed by atoms with Crippen LogP contribution in [0.5, 0.6) is 0 Å². The number of aromatic nitrogens is 1. The second-order valence-electron chi connectivity index (χ2n) is 9.32. The van der Waals surface area contributed by atoms with E-state index in [0.717, 1.165) is 53.8 Å². The molecule has 5 heteroatoms. The number of pyridine rings is 1. The van der Waals surface area contributed by atoms with E-state index in [2.05, 4.69) is 67.5 Å². The molecule has 1 saturated heterocycles. The van der Waals surface area contributed by atoms with Gasteiger partial charge >= 0.3 is 0 Å². The smallest absolute Gasteiger partial charge is 0.272 e. The fourth-order valence-corrected chi connectivity index (χ4v) is 3.83. The first-order chi connectivity index (χ1) is 14.8. The highest BCUT2D eigenvalue weighted by molar-refractivity contribution is 6.07. The highest BCUT2D eigenvalue weighted by Gasteiger charge is 2.17. The summed E-state index contributed by atoms with van der Waals surface area (Å²) < 4.78 is 0. The molecule has 0 unspecified atom stereocenters. The van der Waals surface area contributed by atoms with Gasteiger partial charge in [-0.15, -0.1) is 0 Å². The van der Waals surface area contributed by atoms with E-state index in [0.29, 0.717) is 5.56 Å². The molecule has 0 spiro atoms. The third kappa shape index (κ3) is 4.83. The van der Waals surface area contributed by atoms with E-state index < -0.39 is 0 Å². The number of hydrogen-bond donors (Lipinski definition) is 1. The molecule has 0 saturated carbocycles. The summed E-state index contributed by atoms with van der Waals surface area (Å²) >= 11 is 0. The fraction of sp³-hybridized carbons (Fsp3) is 0.346. The van der Waals surface area contributed by atoms with Crippen molar-refractivity contribution in [3.63, 3.8) is 0 Å². The minimum atomic E-state index is -0.197. The molecule has 0 aliphatic carbocycles. The Balaban J connectivity index is 1.67. The number of hydrazone groups is 1. The monoisotopic (exact) mass is 414 g/mol. The van der Waals surface area contributed by atoms with Crippen LogP contribution in [-0.2, 0) is 5.41 Å². The molecule has 1 aliphatic heterocycles. The highest BCUT2D eigenvalue weighted by Crippen LogP contribution is 2.28. The lowest BCUT2D eigenvalue weighted by Crippen LogP contribution is -2.32. The number of benzene rings is 2. The van der Waals surface area contributed by atoms with Crippen LogP contribution in [0.1, 0.15) is 49.5 Å². The zero-order chi connectivity index (χ0) is 22.0. The van der Waals surface area contributed by atoms with Crippen LogP contribution in [0.25, 0.3) is 22.2 Å². The molecule has 4 rings (SSSR count). The molecule has 5 nitrogen and oxygen atoms in total. The Hall–Kier alpha value is -3.05. The molecule has 1 aliphatic rings. The third-order valence-electron chi connectivity index (χ3n) is 5.89. The summed E-state index contributed by atoms with van der Waals surface area (Å²) in [6.07, 6.45) is 1.78. The molecule has 0 radical (unpaired) electrons. The van der Waals surface area contributed by atoms with Gasteiger partial charge in [-0.05, 0) is 30.2 Å². The van der Waals surface area contributed by atoms with Gasteiger partial charge < -0.3 is 4.90 Å². The van der Waals surface area contributed by atoms with E-state index in [1.807, 2.05) is 30.3 Å². The summed E-state index contributed by atoms with van der Waals surface area (Å²) in [6, 6.07) is 18.1. The number of hydrogen-bond acceptors (Lipinski definition) is 4. The molecule has 31 heavy (non-hydrogen) atoms. The number of carbonyl (C=O) groups is 1. The lowest BCUT2D eigenvalue weighted by Gasteiger charge is -2.22. The molecular weight excluding hydrogens is 384 g/mol. The van der Waals surface area contributed by atoms with Gasteiger partial charge in [0.15, 0.2) is 0 Å². The van der Waals surface area contributed by atoms with Crippen LogP contribution in [0, 0.1) is 0 Å². The number of nitrogens with one attached hydrogen (secondary N) is 1. The maximum absolute atomic E-state index is 13.1. The summed E-state index contributed by atoms with van der Waals surface area (Å²) in [5, 5.41) is 5.24. The molecule has 2 aromatic carbocycles. The number of para-hydroxylation sites is 1. The molecule has 1 fully saturated rings. The lowest BCUT2D eigenvalue weighted by molar-refractivity contribution is 0.0956. The van der Waals surface area contributed by atoms with Crippen molar-refractivity contribution < 1.29 is 4.79 Å². The van der Waals surface area contributed by atoms with Crippen molar-refractivity contribution in [3.05, 3.63) is 65.7 Å². The average Bonchev–Trinajstić information content (AvgIpc) is 2.77. The summed E-state index contributed by atoms with van der Waals surface area (Å²) in [5.74, 6) is -0.197. The van der Waals surface area contributed by atoms with Crippen molar-refractivity contribution in [3.8, 4) is 11.3 Å². The third-order valence-corrected chi connectivity index (χ3v) is 5.89. The van der Waals surface area contributed by atoms with Gasteiger partial charge in [-0.1, -0.05) is 63.2 Å². The number of nitrogens with zero attached hydrogens (tertiary/aromatic N) is 3. The Morgan fingerprint density at radius 3 is 2.39 bits per heavy atom. The van der Waals surface area contributed by atoms with Crippen molar-refractivity contribution >= 4 is 22.5 Å². The number of carbonyl (C=O) groups excluding carboxylic acids is 1. The summed E-state index contributed by atoms with van der Waals surface area (Å²) in [7, 11) is 2.11. The molecule has 160 valence electrons. The molecule has 0 bridgehead atoms. The van der Waals surface area contributed by atoms with Crippen molar-refractivity contribution in [1.82, 2.24) is 15.3 Å². The highest BCUT2D eigenvalue weighted by atomic mass is 16.2. The fourth-order valence-electron chi connectivity index (χ4n) is 3.83. The number of amides is 1. The van der Waals surface area contributed by atoms with Gasteiger partial charge in [0.05, 0.1) is 16.8 Å². The van der Waals surface area contributed by atoms with Crippen molar-refractivity contribution in [2.45, 2.75) is 39.0 Å². The summed E-state index contributed by atoms with van der Waals surface area (Å²) in [4.78, 5) is 20.2. The SMILES string of the molecule is CN1CCC(=NNC(=O)c2cc(-c3ccc(C(C)(C)C)cc3)nc3ccccc23)CC1. The van der Waals surface area contributed by atoms with Crippen molar-refractivity contribution in [2.75, 3.05) is 20.1 Å². The van der Waals surface area contributed by atoms with Crippen LogP contribution in [0.3, 0.4) is 0 Å². The summed E-state index contributed by atoms with van der Waals surface area (Å²) in [6.45, 7) is 8.54. The second kappa shape index (κ2) is 8.60. The predicted molar refractivity (Wildman–Crippen MR) is 128 cm³/mol. The first-order valence-corrected chi connectivity index (χ1v) is 10.9. The maximum atomic E-state index is 13.1. The molecule has 2 heterocycles. The van der Waals surface area contributed by atoms with Crippen molar-refractivity contribution in [2.24, 2.45) is 5.10 Å². The van der Waals surface area contributed by atoms with Crippen LogP contribution in [0.4, 0.5) is 0 Å².